The van der Waals surface area contributed by atoms with Crippen LogP contribution in [0.2, 0.25) is 0 Å². The van der Waals surface area contributed by atoms with E-state index in [1.54, 1.807) is 0 Å². The minimum absolute atomic E-state index is 0.117. The van der Waals surface area contributed by atoms with Gasteiger partial charge in [0, 0.05) is 25.1 Å². The van der Waals surface area contributed by atoms with Crippen molar-refractivity contribution in [2.45, 2.75) is 12.5 Å². The smallest absolute Gasteiger partial charge is 0.296 e. The van der Waals surface area contributed by atoms with E-state index < -0.39 is 10.8 Å². The number of anilines is 1. The van der Waals surface area contributed by atoms with Crippen LogP contribution in [-0.2, 0) is 9.53 Å². The summed E-state index contributed by atoms with van der Waals surface area (Å²) in [6.07, 6.45) is 0.117. The average molecular weight is 281 g/mol. The number of carbonyl (C=O) groups excluding carboxylic acids is 1. The Kier molecular flexibility index (Phi) is 4.49. The van der Waals surface area contributed by atoms with Crippen LogP contribution in [0.3, 0.4) is 0 Å². The molecule has 0 aliphatic carbocycles. The van der Waals surface area contributed by atoms with Gasteiger partial charge in [0.2, 0.25) is 5.91 Å². The number of ether oxygens (including phenoxy) is 1. The summed E-state index contributed by atoms with van der Waals surface area (Å²) in [5.74, 6) is -0.752. The molecule has 1 heterocycles. The molecular weight excluding hydrogens is 266 g/mol. The third-order valence-corrected chi connectivity index (χ3v) is 2.91. The minimum Gasteiger partial charge on any atom is -0.505 e. The number of para-hydroxylation sites is 1. The van der Waals surface area contributed by atoms with Crippen molar-refractivity contribution in [1.82, 2.24) is 5.32 Å². The molecule has 3 N–H and O–H groups in total. The molecule has 1 aliphatic rings. The highest BCUT2D eigenvalue weighted by Crippen LogP contribution is 2.33. The first-order valence-corrected chi connectivity index (χ1v) is 6.15. The van der Waals surface area contributed by atoms with Gasteiger partial charge < -0.3 is 20.5 Å². The van der Waals surface area contributed by atoms with Crippen LogP contribution in [-0.4, -0.2) is 41.7 Å². The molecule has 0 spiro atoms. The Morgan fingerprint density at radius 1 is 1.60 bits per heavy atom. The van der Waals surface area contributed by atoms with Gasteiger partial charge in [-0.1, -0.05) is 6.07 Å². The van der Waals surface area contributed by atoms with Crippen molar-refractivity contribution >= 4 is 17.3 Å². The standard InChI is InChI=1S/C12H15N3O5/c16-10-3-1-2-9(15(18)19)12(10)14-11(17)6-8-7-20-5-4-13-8/h1-3,8,13,16H,4-7H2,(H,14,17). The van der Waals surface area contributed by atoms with Crippen LogP contribution in [0.15, 0.2) is 18.2 Å². The SMILES string of the molecule is O=C(CC1COCCN1)Nc1c(O)cccc1[N+](=O)[O-]. The summed E-state index contributed by atoms with van der Waals surface area (Å²) >= 11 is 0. The molecule has 0 saturated carbocycles. The van der Waals surface area contributed by atoms with Gasteiger partial charge in [-0.3, -0.25) is 14.9 Å². The van der Waals surface area contributed by atoms with Crippen molar-refractivity contribution in [2.75, 3.05) is 25.1 Å². The number of nitro groups is 1. The number of carbonyl (C=O) groups is 1. The Hall–Kier alpha value is -2.19. The quantitative estimate of drug-likeness (QED) is 0.423. The molecule has 0 radical (unpaired) electrons. The second-order valence-corrected chi connectivity index (χ2v) is 4.41. The molecule has 1 saturated heterocycles. The van der Waals surface area contributed by atoms with E-state index in [1.165, 1.54) is 18.2 Å². The van der Waals surface area contributed by atoms with Crippen molar-refractivity contribution < 1.29 is 19.6 Å². The van der Waals surface area contributed by atoms with Crippen molar-refractivity contribution in [3.63, 3.8) is 0 Å². The van der Waals surface area contributed by atoms with E-state index in [0.717, 1.165) is 0 Å². The predicted octanol–water partition coefficient (Wildman–Crippen LogP) is 0.617. The van der Waals surface area contributed by atoms with Crippen LogP contribution in [0.5, 0.6) is 5.75 Å². The van der Waals surface area contributed by atoms with Crippen molar-refractivity contribution in [2.24, 2.45) is 0 Å². The van der Waals surface area contributed by atoms with Gasteiger partial charge in [-0.25, -0.2) is 0 Å². The number of aromatic hydroxyl groups is 1. The second kappa shape index (κ2) is 6.31. The van der Waals surface area contributed by atoms with Gasteiger partial charge in [-0.2, -0.15) is 0 Å². The van der Waals surface area contributed by atoms with E-state index in [0.29, 0.717) is 19.8 Å². The third-order valence-electron chi connectivity index (χ3n) is 2.91. The zero-order valence-corrected chi connectivity index (χ0v) is 10.7. The fourth-order valence-electron chi connectivity index (χ4n) is 1.97. The summed E-state index contributed by atoms with van der Waals surface area (Å²) in [6, 6.07) is 3.72. The minimum atomic E-state index is -0.655. The Morgan fingerprint density at radius 3 is 3.05 bits per heavy atom. The summed E-state index contributed by atoms with van der Waals surface area (Å²) in [4.78, 5) is 22.1. The molecule has 2 rings (SSSR count). The lowest BCUT2D eigenvalue weighted by atomic mass is 10.1. The van der Waals surface area contributed by atoms with Crippen LogP contribution in [0.25, 0.3) is 0 Å². The van der Waals surface area contributed by atoms with Crippen molar-refractivity contribution in [3.8, 4) is 5.75 Å². The molecule has 1 aromatic carbocycles. The Bertz CT molecular complexity index is 514. The summed E-state index contributed by atoms with van der Waals surface area (Å²) in [5.41, 5.74) is -0.523. The number of benzene rings is 1. The molecule has 0 aromatic heterocycles. The highest BCUT2D eigenvalue weighted by molar-refractivity contribution is 5.95. The molecule has 1 amide bonds. The number of hydrogen-bond acceptors (Lipinski definition) is 6. The monoisotopic (exact) mass is 281 g/mol. The van der Waals surface area contributed by atoms with E-state index in [2.05, 4.69) is 10.6 Å². The van der Waals surface area contributed by atoms with E-state index in [4.69, 9.17) is 4.74 Å². The number of phenols is 1. The van der Waals surface area contributed by atoms with Crippen LogP contribution in [0.4, 0.5) is 11.4 Å². The van der Waals surface area contributed by atoms with E-state index in [-0.39, 0.29) is 29.6 Å². The number of phenolic OH excluding ortho intramolecular Hbond substituents is 1. The fraction of sp³-hybridized carbons (Fsp3) is 0.417. The Labute approximate surface area is 114 Å². The topological polar surface area (TPSA) is 114 Å². The van der Waals surface area contributed by atoms with E-state index in [9.17, 15) is 20.0 Å². The second-order valence-electron chi connectivity index (χ2n) is 4.41. The lowest BCUT2D eigenvalue weighted by Gasteiger charge is -2.23. The zero-order chi connectivity index (χ0) is 14.5. The molecule has 8 nitrogen and oxygen atoms in total. The summed E-state index contributed by atoms with van der Waals surface area (Å²) in [5, 5.41) is 26.0. The number of morpholine rings is 1. The van der Waals surface area contributed by atoms with Gasteiger partial charge in [0.1, 0.15) is 5.75 Å². The molecule has 1 aliphatic heterocycles. The molecule has 108 valence electrons. The lowest BCUT2D eigenvalue weighted by molar-refractivity contribution is -0.384. The predicted molar refractivity (Wildman–Crippen MR) is 70.6 cm³/mol. The van der Waals surface area contributed by atoms with Gasteiger partial charge in [-0.15, -0.1) is 0 Å². The van der Waals surface area contributed by atoms with E-state index in [1.807, 2.05) is 0 Å². The van der Waals surface area contributed by atoms with Gasteiger partial charge in [0.25, 0.3) is 5.69 Å². The first-order valence-electron chi connectivity index (χ1n) is 6.15. The van der Waals surface area contributed by atoms with Gasteiger partial charge in [0.15, 0.2) is 5.69 Å². The van der Waals surface area contributed by atoms with Crippen LogP contribution < -0.4 is 10.6 Å². The molecule has 20 heavy (non-hydrogen) atoms. The highest BCUT2D eigenvalue weighted by Gasteiger charge is 2.22. The third kappa shape index (κ3) is 3.43. The molecule has 1 fully saturated rings. The molecule has 1 unspecified atom stereocenters. The highest BCUT2D eigenvalue weighted by atomic mass is 16.6. The number of nitrogens with zero attached hydrogens (tertiary/aromatic N) is 1. The van der Waals surface area contributed by atoms with Crippen LogP contribution in [0, 0.1) is 10.1 Å². The molecule has 8 heteroatoms. The zero-order valence-electron chi connectivity index (χ0n) is 10.7. The van der Waals surface area contributed by atoms with Crippen molar-refractivity contribution in [1.29, 1.82) is 0 Å². The van der Waals surface area contributed by atoms with Crippen molar-refractivity contribution in [3.05, 3.63) is 28.3 Å². The van der Waals surface area contributed by atoms with Gasteiger partial charge >= 0.3 is 0 Å². The number of amides is 1. The number of rotatable bonds is 4. The maximum atomic E-state index is 11.9. The Morgan fingerprint density at radius 2 is 2.40 bits per heavy atom. The van der Waals surface area contributed by atoms with Crippen LogP contribution in [0.1, 0.15) is 6.42 Å². The molecule has 1 aromatic rings. The van der Waals surface area contributed by atoms with Crippen LogP contribution >= 0.6 is 0 Å². The normalized spacial score (nSPS) is 18.5. The number of nitrogens with one attached hydrogen (secondary N) is 2. The maximum absolute atomic E-state index is 11.9. The molecule has 1 atom stereocenters. The first kappa shape index (κ1) is 14.2. The summed E-state index contributed by atoms with van der Waals surface area (Å²) < 4.78 is 5.22. The first-order chi connectivity index (χ1) is 9.58. The number of hydrogen-bond donors (Lipinski definition) is 3. The largest absolute Gasteiger partial charge is 0.505 e. The summed E-state index contributed by atoms with van der Waals surface area (Å²) in [6.45, 7) is 1.67. The maximum Gasteiger partial charge on any atom is 0.296 e. The number of nitro benzene ring substituents is 1. The summed E-state index contributed by atoms with van der Waals surface area (Å²) in [7, 11) is 0. The molecule has 0 bridgehead atoms. The van der Waals surface area contributed by atoms with Gasteiger partial charge in [0.05, 0.1) is 18.1 Å². The molecular formula is C12H15N3O5. The Balaban J connectivity index is 2.05. The average Bonchev–Trinajstić information content (AvgIpc) is 2.42. The fourth-order valence-corrected chi connectivity index (χ4v) is 1.97. The lowest BCUT2D eigenvalue weighted by Crippen LogP contribution is -2.43. The van der Waals surface area contributed by atoms with E-state index >= 15 is 0 Å². The van der Waals surface area contributed by atoms with Gasteiger partial charge in [-0.05, 0) is 6.07 Å².